The number of hydrogen-bond acceptors (Lipinski definition) is 4. The van der Waals surface area contributed by atoms with Crippen molar-refractivity contribution < 1.29 is 4.74 Å². The molecule has 4 heteroatoms. The summed E-state index contributed by atoms with van der Waals surface area (Å²) in [6, 6.07) is 9.83. The summed E-state index contributed by atoms with van der Waals surface area (Å²) < 4.78 is 5.43. The summed E-state index contributed by atoms with van der Waals surface area (Å²) in [7, 11) is 1.86. The third-order valence-corrected chi connectivity index (χ3v) is 2.82. The predicted molar refractivity (Wildman–Crippen MR) is 77.6 cm³/mol. The van der Waals surface area contributed by atoms with E-state index in [0.29, 0.717) is 6.61 Å². The van der Waals surface area contributed by atoms with Gasteiger partial charge in [0.25, 0.3) is 0 Å². The van der Waals surface area contributed by atoms with Gasteiger partial charge in [-0.3, -0.25) is 0 Å². The van der Waals surface area contributed by atoms with Gasteiger partial charge in [-0.25, -0.2) is 9.97 Å². The van der Waals surface area contributed by atoms with E-state index in [9.17, 15) is 0 Å². The zero-order chi connectivity index (χ0) is 13.7. The van der Waals surface area contributed by atoms with Crippen LogP contribution in [0.15, 0.2) is 30.3 Å². The maximum Gasteiger partial charge on any atom is 0.161 e. The Kier molecular flexibility index (Phi) is 4.34. The van der Waals surface area contributed by atoms with Crippen LogP contribution in [-0.4, -0.2) is 23.6 Å². The van der Waals surface area contributed by atoms with Crippen molar-refractivity contribution in [1.82, 2.24) is 9.97 Å². The molecule has 0 spiro atoms. The molecule has 0 atom stereocenters. The standard InChI is InChI=1S/C15H19N3O/c1-4-12-10-14(16-3)18-15(17-12)11-6-8-13(9-7-11)19-5-2/h6-10H,4-5H2,1-3H3,(H,16,17,18). The SMILES string of the molecule is CCOc1ccc(-c2nc(CC)cc(NC)n2)cc1. The molecule has 0 saturated heterocycles. The molecule has 0 aliphatic heterocycles. The highest BCUT2D eigenvalue weighted by Crippen LogP contribution is 2.21. The number of hydrogen-bond donors (Lipinski definition) is 1. The van der Waals surface area contributed by atoms with Crippen molar-refractivity contribution in [1.29, 1.82) is 0 Å². The van der Waals surface area contributed by atoms with E-state index >= 15 is 0 Å². The summed E-state index contributed by atoms with van der Waals surface area (Å²) in [5, 5.41) is 3.07. The van der Waals surface area contributed by atoms with Crippen LogP contribution < -0.4 is 10.1 Å². The quantitative estimate of drug-likeness (QED) is 0.893. The van der Waals surface area contributed by atoms with Crippen molar-refractivity contribution in [3.05, 3.63) is 36.0 Å². The first-order valence-electron chi connectivity index (χ1n) is 6.55. The monoisotopic (exact) mass is 257 g/mol. The highest BCUT2D eigenvalue weighted by molar-refractivity contribution is 5.58. The molecular weight excluding hydrogens is 238 g/mol. The van der Waals surface area contributed by atoms with Gasteiger partial charge in [-0.15, -0.1) is 0 Å². The van der Waals surface area contributed by atoms with Gasteiger partial charge in [-0.1, -0.05) is 6.92 Å². The first-order valence-corrected chi connectivity index (χ1v) is 6.55. The molecule has 0 unspecified atom stereocenters. The molecule has 0 aliphatic rings. The van der Waals surface area contributed by atoms with Crippen LogP contribution in [0, 0.1) is 0 Å². The number of ether oxygens (including phenoxy) is 1. The molecule has 0 fully saturated rings. The molecule has 0 aliphatic carbocycles. The number of anilines is 1. The molecule has 0 bridgehead atoms. The molecule has 1 N–H and O–H groups in total. The molecule has 0 amide bonds. The first-order chi connectivity index (χ1) is 9.26. The van der Waals surface area contributed by atoms with Crippen molar-refractivity contribution in [2.75, 3.05) is 19.0 Å². The Morgan fingerprint density at radius 3 is 2.42 bits per heavy atom. The largest absolute Gasteiger partial charge is 0.494 e. The van der Waals surface area contributed by atoms with Crippen LogP contribution >= 0.6 is 0 Å². The Balaban J connectivity index is 2.34. The predicted octanol–water partition coefficient (Wildman–Crippen LogP) is 3.15. The van der Waals surface area contributed by atoms with E-state index in [4.69, 9.17) is 4.74 Å². The zero-order valence-corrected chi connectivity index (χ0v) is 11.6. The summed E-state index contributed by atoms with van der Waals surface area (Å²) >= 11 is 0. The third kappa shape index (κ3) is 3.22. The Hall–Kier alpha value is -2.10. The summed E-state index contributed by atoms with van der Waals surface area (Å²) in [6.45, 7) is 4.73. The molecule has 1 aromatic heterocycles. The van der Waals surface area contributed by atoms with Crippen molar-refractivity contribution in [2.45, 2.75) is 20.3 Å². The van der Waals surface area contributed by atoms with Gasteiger partial charge in [-0.2, -0.15) is 0 Å². The fraction of sp³-hybridized carbons (Fsp3) is 0.333. The summed E-state index contributed by atoms with van der Waals surface area (Å²) in [6.07, 6.45) is 0.890. The van der Waals surface area contributed by atoms with E-state index in [1.165, 1.54) is 0 Å². The molecule has 2 rings (SSSR count). The van der Waals surface area contributed by atoms with Gasteiger partial charge in [0.05, 0.1) is 6.61 Å². The van der Waals surface area contributed by atoms with E-state index in [2.05, 4.69) is 22.2 Å². The molecule has 1 heterocycles. The number of nitrogens with one attached hydrogen (secondary N) is 1. The maximum atomic E-state index is 5.43. The van der Waals surface area contributed by atoms with Gasteiger partial charge in [0.2, 0.25) is 0 Å². The average Bonchev–Trinajstić information content (AvgIpc) is 2.47. The van der Waals surface area contributed by atoms with Crippen LogP contribution in [-0.2, 0) is 6.42 Å². The summed E-state index contributed by atoms with van der Waals surface area (Å²) in [4.78, 5) is 9.04. The molecular formula is C15H19N3O. The molecule has 19 heavy (non-hydrogen) atoms. The number of benzene rings is 1. The van der Waals surface area contributed by atoms with Gasteiger partial charge in [0.15, 0.2) is 5.82 Å². The van der Waals surface area contributed by atoms with Gasteiger partial charge in [-0.05, 0) is 37.6 Å². The molecule has 1 aromatic carbocycles. The lowest BCUT2D eigenvalue weighted by molar-refractivity contribution is 0.340. The van der Waals surface area contributed by atoms with Crippen LogP contribution in [0.4, 0.5) is 5.82 Å². The van der Waals surface area contributed by atoms with E-state index in [1.54, 1.807) is 0 Å². The topological polar surface area (TPSA) is 47.0 Å². The van der Waals surface area contributed by atoms with Gasteiger partial charge >= 0.3 is 0 Å². The number of aromatic nitrogens is 2. The minimum atomic E-state index is 0.672. The van der Waals surface area contributed by atoms with Gasteiger partial charge in [0.1, 0.15) is 11.6 Å². The summed E-state index contributed by atoms with van der Waals surface area (Å²) in [5.41, 5.74) is 2.03. The zero-order valence-electron chi connectivity index (χ0n) is 11.6. The van der Waals surface area contributed by atoms with E-state index < -0.39 is 0 Å². The summed E-state index contributed by atoms with van der Waals surface area (Å²) in [5.74, 6) is 2.45. The van der Waals surface area contributed by atoms with Crippen LogP contribution in [0.25, 0.3) is 11.4 Å². The normalized spacial score (nSPS) is 10.3. The lowest BCUT2D eigenvalue weighted by Gasteiger charge is -2.08. The van der Waals surface area contributed by atoms with Crippen LogP contribution in [0.1, 0.15) is 19.5 Å². The molecule has 4 nitrogen and oxygen atoms in total. The fourth-order valence-electron chi connectivity index (χ4n) is 1.80. The Morgan fingerprint density at radius 1 is 1.11 bits per heavy atom. The van der Waals surface area contributed by atoms with Crippen molar-refractivity contribution in [2.24, 2.45) is 0 Å². The molecule has 100 valence electrons. The Bertz CT molecular complexity index is 515. The second-order valence-corrected chi connectivity index (χ2v) is 4.13. The molecule has 2 aromatic rings. The second kappa shape index (κ2) is 6.18. The van der Waals surface area contributed by atoms with Crippen LogP contribution in [0.3, 0.4) is 0 Å². The Morgan fingerprint density at radius 2 is 1.84 bits per heavy atom. The lowest BCUT2D eigenvalue weighted by Crippen LogP contribution is -2.00. The van der Waals surface area contributed by atoms with Crippen molar-refractivity contribution in [3.63, 3.8) is 0 Å². The average molecular weight is 257 g/mol. The lowest BCUT2D eigenvalue weighted by atomic mass is 10.2. The first kappa shape index (κ1) is 13.3. The number of nitrogens with zero attached hydrogens (tertiary/aromatic N) is 2. The second-order valence-electron chi connectivity index (χ2n) is 4.13. The highest BCUT2D eigenvalue weighted by Gasteiger charge is 2.05. The Labute approximate surface area is 113 Å². The minimum Gasteiger partial charge on any atom is -0.494 e. The molecule has 0 radical (unpaired) electrons. The maximum absolute atomic E-state index is 5.43. The van der Waals surface area contributed by atoms with E-state index in [1.807, 2.05) is 44.3 Å². The van der Waals surface area contributed by atoms with E-state index in [-0.39, 0.29) is 0 Å². The number of aryl methyl sites for hydroxylation is 1. The van der Waals surface area contributed by atoms with E-state index in [0.717, 1.165) is 35.1 Å². The van der Waals surface area contributed by atoms with Crippen LogP contribution in [0.2, 0.25) is 0 Å². The number of rotatable bonds is 5. The smallest absolute Gasteiger partial charge is 0.161 e. The van der Waals surface area contributed by atoms with Gasteiger partial charge < -0.3 is 10.1 Å². The highest BCUT2D eigenvalue weighted by atomic mass is 16.5. The minimum absolute atomic E-state index is 0.672. The molecule has 0 saturated carbocycles. The van der Waals surface area contributed by atoms with Crippen LogP contribution in [0.5, 0.6) is 5.75 Å². The third-order valence-electron chi connectivity index (χ3n) is 2.82. The van der Waals surface area contributed by atoms with Gasteiger partial charge in [0, 0.05) is 24.4 Å². The fourth-order valence-corrected chi connectivity index (χ4v) is 1.80. The van der Waals surface area contributed by atoms with Crippen molar-refractivity contribution in [3.8, 4) is 17.1 Å². The van der Waals surface area contributed by atoms with Crippen molar-refractivity contribution >= 4 is 5.82 Å².